The largest absolute Gasteiger partial charge is 0.493 e. The van der Waals surface area contributed by atoms with Crippen LogP contribution >= 0.6 is 11.3 Å². The smallest absolute Gasteiger partial charge is 0.238 e. The Morgan fingerprint density at radius 3 is 2.68 bits per heavy atom. The normalized spacial score (nSPS) is 11.4. The molecule has 0 aliphatic heterocycles. The molecule has 9 heteroatoms. The number of sulfonamides is 1. The fraction of sp³-hybridized carbons (Fsp3) is 0.125. The summed E-state index contributed by atoms with van der Waals surface area (Å²) in [5.41, 5.74) is 0.591. The van der Waals surface area contributed by atoms with Gasteiger partial charge in [0.15, 0.2) is 5.13 Å². The molecule has 0 unspecified atom stereocenters. The molecule has 3 rings (SSSR count). The molecule has 1 aromatic heterocycles. The lowest BCUT2D eigenvalue weighted by atomic mass is 10.3. The number of carbonyl (C=O) groups is 1. The highest BCUT2D eigenvalue weighted by Crippen LogP contribution is 2.27. The number of thiazole rings is 1. The van der Waals surface area contributed by atoms with Gasteiger partial charge in [-0.15, -0.1) is 0 Å². The molecule has 0 saturated carbocycles. The van der Waals surface area contributed by atoms with E-state index in [1.807, 2.05) is 30.3 Å². The maximum atomic E-state index is 12.0. The molecule has 3 N–H and O–H groups in total. The van der Waals surface area contributed by atoms with Crippen LogP contribution in [-0.4, -0.2) is 25.9 Å². The summed E-state index contributed by atoms with van der Waals surface area (Å²) in [4.78, 5) is 16.2. The van der Waals surface area contributed by atoms with Gasteiger partial charge in [-0.1, -0.05) is 29.5 Å². The third kappa shape index (κ3) is 4.53. The van der Waals surface area contributed by atoms with Gasteiger partial charge in [-0.2, -0.15) is 0 Å². The molecule has 0 atom stereocenters. The zero-order valence-electron chi connectivity index (χ0n) is 13.0. The molecule has 1 amide bonds. The minimum atomic E-state index is -3.77. The van der Waals surface area contributed by atoms with E-state index in [9.17, 15) is 13.2 Å². The topological polar surface area (TPSA) is 111 Å². The number of nitrogens with one attached hydrogen (secondary N) is 1. The first-order valence-electron chi connectivity index (χ1n) is 7.33. The Morgan fingerprint density at radius 1 is 1.20 bits per heavy atom. The number of anilines is 1. The number of carbonyl (C=O) groups excluding carboxylic acids is 1. The Kier molecular flexibility index (Phi) is 4.98. The number of amides is 1. The Bertz CT molecular complexity index is 1000. The van der Waals surface area contributed by atoms with Crippen LogP contribution in [0.25, 0.3) is 10.2 Å². The van der Waals surface area contributed by atoms with E-state index in [0.29, 0.717) is 21.1 Å². The van der Waals surface area contributed by atoms with Crippen LogP contribution in [0.4, 0.5) is 5.13 Å². The Balaban J connectivity index is 1.61. The van der Waals surface area contributed by atoms with Gasteiger partial charge in [-0.05, 0) is 30.3 Å². The minimum Gasteiger partial charge on any atom is -0.493 e. The number of para-hydroxylation sites is 1. The number of fused-ring (bicyclic) bond motifs is 1. The zero-order chi connectivity index (χ0) is 17.9. The molecule has 0 fully saturated rings. The van der Waals surface area contributed by atoms with E-state index in [2.05, 4.69) is 10.3 Å². The first-order chi connectivity index (χ1) is 11.9. The van der Waals surface area contributed by atoms with Gasteiger partial charge in [-0.3, -0.25) is 4.79 Å². The fourth-order valence-corrected chi connectivity index (χ4v) is 3.63. The predicted molar refractivity (Wildman–Crippen MR) is 96.2 cm³/mol. The van der Waals surface area contributed by atoms with Gasteiger partial charge in [0, 0.05) is 0 Å². The van der Waals surface area contributed by atoms with Crippen molar-refractivity contribution in [2.24, 2.45) is 5.14 Å². The SMILES string of the molecule is NS(=O)(=O)c1ccc2nc(NC(=O)CCOc3ccccc3)sc2c1. The number of ether oxygens (including phenoxy) is 1. The van der Waals surface area contributed by atoms with Crippen LogP contribution in [0.1, 0.15) is 6.42 Å². The minimum absolute atomic E-state index is 0.0118. The lowest BCUT2D eigenvalue weighted by molar-refractivity contribution is -0.116. The Hall–Kier alpha value is -2.49. The Morgan fingerprint density at radius 2 is 1.96 bits per heavy atom. The van der Waals surface area contributed by atoms with E-state index in [1.165, 1.54) is 23.5 Å². The molecular formula is C16H15N3O4S2. The molecule has 0 radical (unpaired) electrons. The summed E-state index contributed by atoms with van der Waals surface area (Å²) in [5.74, 6) is 0.465. The average molecular weight is 377 g/mol. The molecule has 1 heterocycles. The zero-order valence-corrected chi connectivity index (χ0v) is 14.6. The van der Waals surface area contributed by atoms with Crippen molar-refractivity contribution in [3.63, 3.8) is 0 Å². The van der Waals surface area contributed by atoms with E-state index < -0.39 is 10.0 Å². The van der Waals surface area contributed by atoms with Gasteiger partial charge in [-0.25, -0.2) is 18.5 Å². The third-order valence-electron chi connectivity index (χ3n) is 3.28. The average Bonchev–Trinajstić information content (AvgIpc) is 2.96. The molecule has 7 nitrogen and oxygen atoms in total. The van der Waals surface area contributed by atoms with Crippen molar-refractivity contribution in [3.05, 3.63) is 48.5 Å². The molecule has 3 aromatic rings. The lowest BCUT2D eigenvalue weighted by Gasteiger charge is -2.05. The van der Waals surface area contributed by atoms with Crippen LogP contribution in [0.15, 0.2) is 53.4 Å². The van der Waals surface area contributed by atoms with Crippen LogP contribution in [-0.2, 0) is 14.8 Å². The second-order valence-corrected chi connectivity index (χ2v) is 7.75. The molecule has 2 aromatic carbocycles. The number of hydrogen-bond acceptors (Lipinski definition) is 6. The number of hydrogen-bond donors (Lipinski definition) is 2. The molecule has 130 valence electrons. The summed E-state index contributed by atoms with van der Waals surface area (Å²) in [6.45, 7) is 0.246. The third-order valence-corrected chi connectivity index (χ3v) is 5.12. The van der Waals surface area contributed by atoms with E-state index in [-0.39, 0.29) is 23.8 Å². The number of nitrogens with zero attached hydrogens (tertiary/aromatic N) is 1. The number of aromatic nitrogens is 1. The molecule has 0 aliphatic carbocycles. The summed E-state index contributed by atoms with van der Waals surface area (Å²) < 4.78 is 28.8. The van der Waals surface area contributed by atoms with Crippen LogP contribution in [0.5, 0.6) is 5.75 Å². The molecular weight excluding hydrogens is 362 g/mol. The van der Waals surface area contributed by atoms with Crippen LogP contribution in [0, 0.1) is 0 Å². The molecule has 0 bridgehead atoms. The van der Waals surface area contributed by atoms with Crippen molar-refractivity contribution < 1.29 is 17.9 Å². The van der Waals surface area contributed by atoms with Gasteiger partial charge in [0.1, 0.15) is 5.75 Å². The summed E-state index contributed by atoms with van der Waals surface area (Å²) >= 11 is 1.18. The number of benzene rings is 2. The molecule has 0 aliphatic rings. The van der Waals surface area contributed by atoms with Crippen molar-refractivity contribution in [3.8, 4) is 5.75 Å². The lowest BCUT2D eigenvalue weighted by Crippen LogP contribution is -2.14. The van der Waals surface area contributed by atoms with Gasteiger partial charge >= 0.3 is 0 Å². The molecule has 0 saturated heterocycles. The van der Waals surface area contributed by atoms with Gasteiger partial charge < -0.3 is 10.1 Å². The van der Waals surface area contributed by atoms with Crippen molar-refractivity contribution in [1.29, 1.82) is 0 Å². The monoisotopic (exact) mass is 377 g/mol. The summed E-state index contributed by atoms with van der Waals surface area (Å²) in [5, 5.41) is 8.19. The summed E-state index contributed by atoms with van der Waals surface area (Å²) in [6, 6.07) is 13.6. The van der Waals surface area contributed by atoms with Crippen molar-refractivity contribution in [2.75, 3.05) is 11.9 Å². The van der Waals surface area contributed by atoms with Gasteiger partial charge in [0.2, 0.25) is 15.9 Å². The van der Waals surface area contributed by atoms with Crippen molar-refractivity contribution >= 4 is 42.6 Å². The highest BCUT2D eigenvalue weighted by atomic mass is 32.2. The number of primary sulfonamides is 1. The first-order valence-corrected chi connectivity index (χ1v) is 9.69. The van der Waals surface area contributed by atoms with E-state index in [4.69, 9.17) is 9.88 Å². The van der Waals surface area contributed by atoms with E-state index in [0.717, 1.165) is 0 Å². The second-order valence-electron chi connectivity index (χ2n) is 5.15. The van der Waals surface area contributed by atoms with Gasteiger partial charge in [0.05, 0.1) is 28.1 Å². The van der Waals surface area contributed by atoms with Gasteiger partial charge in [0.25, 0.3) is 0 Å². The van der Waals surface area contributed by atoms with E-state index in [1.54, 1.807) is 6.07 Å². The fourth-order valence-electron chi connectivity index (χ4n) is 2.10. The van der Waals surface area contributed by atoms with Crippen LogP contribution in [0.3, 0.4) is 0 Å². The van der Waals surface area contributed by atoms with Crippen molar-refractivity contribution in [1.82, 2.24) is 4.98 Å². The number of nitrogens with two attached hydrogens (primary N) is 1. The molecule has 25 heavy (non-hydrogen) atoms. The maximum Gasteiger partial charge on any atom is 0.238 e. The summed E-state index contributed by atoms with van der Waals surface area (Å²) in [7, 11) is -3.77. The number of rotatable bonds is 6. The van der Waals surface area contributed by atoms with Crippen LogP contribution < -0.4 is 15.2 Å². The first kappa shape index (κ1) is 17.3. The maximum absolute atomic E-state index is 12.0. The van der Waals surface area contributed by atoms with E-state index >= 15 is 0 Å². The Labute approximate surface area is 148 Å². The van der Waals surface area contributed by atoms with Crippen molar-refractivity contribution in [2.45, 2.75) is 11.3 Å². The van der Waals surface area contributed by atoms with Crippen LogP contribution in [0.2, 0.25) is 0 Å². The standard InChI is InChI=1S/C16H15N3O4S2/c17-25(21,22)12-6-7-13-14(10-12)24-16(18-13)19-15(20)8-9-23-11-4-2-1-3-5-11/h1-7,10H,8-9H2,(H2,17,21,22)(H,18,19,20). The predicted octanol–water partition coefficient (Wildman–Crippen LogP) is 2.35. The highest BCUT2D eigenvalue weighted by Gasteiger charge is 2.12. The quantitative estimate of drug-likeness (QED) is 0.685. The summed E-state index contributed by atoms with van der Waals surface area (Å²) in [6.07, 6.45) is 0.174. The highest BCUT2D eigenvalue weighted by molar-refractivity contribution is 7.89. The molecule has 0 spiro atoms. The second kappa shape index (κ2) is 7.18.